The van der Waals surface area contributed by atoms with E-state index < -0.39 is 0 Å². The van der Waals surface area contributed by atoms with Gasteiger partial charge in [-0.15, -0.1) is 0 Å². The average molecular weight is 225 g/mol. The first-order valence-corrected chi connectivity index (χ1v) is 6.77. The smallest absolute Gasteiger partial charge is 0.0760 e. The zero-order valence-corrected chi connectivity index (χ0v) is 10.9. The van der Waals surface area contributed by atoms with E-state index in [0.29, 0.717) is 0 Å². The molecule has 0 aromatic carbocycles. The lowest BCUT2D eigenvalue weighted by molar-refractivity contribution is 0.0806. The molecular weight excluding hydrogens is 198 g/mol. The van der Waals surface area contributed by atoms with Crippen LogP contribution in [0.4, 0.5) is 0 Å². The van der Waals surface area contributed by atoms with E-state index in [0.717, 1.165) is 12.8 Å². The van der Waals surface area contributed by atoms with Crippen LogP contribution in [0.5, 0.6) is 0 Å². The summed E-state index contributed by atoms with van der Waals surface area (Å²) in [6.45, 7) is 2.19. The van der Waals surface area contributed by atoms with E-state index >= 15 is 0 Å². The van der Waals surface area contributed by atoms with Gasteiger partial charge < -0.3 is 10.5 Å². The Labute approximate surface area is 100 Å². The summed E-state index contributed by atoms with van der Waals surface area (Å²) >= 11 is 0. The number of nitrogens with two attached hydrogens (primary N) is 1. The molecule has 0 amide bonds. The normalized spacial score (nSPS) is 21.8. The summed E-state index contributed by atoms with van der Waals surface area (Å²) in [5, 5.41) is 0. The number of methoxy groups -OCH3 is 1. The first-order chi connectivity index (χ1) is 7.79. The zero-order valence-electron chi connectivity index (χ0n) is 10.9. The highest BCUT2D eigenvalue weighted by Crippen LogP contribution is 2.22. The van der Waals surface area contributed by atoms with Gasteiger partial charge in [0.2, 0.25) is 0 Å². The van der Waals surface area contributed by atoms with Gasteiger partial charge in [0.1, 0.15) is 0 Å². The Morgan fingerprint density at radius 3 is 2.75 bits per heavy atom. The standard InChI is InChI=1S/C14H27NO/c1-3-9-13(16-2)14(15)12-10-7-5-4-6-8-11-12/h10,13-14H,3-9,11,15H2,1-2H3. The summed E-state index contributed by atoms with van der Waals surface area (Å²) in [6.07, 6.45) is 12.5. The molecule has 0 aliphatic heterocycles. The molecule has 2 atom stereocenters. The van der Waals surface area contributed by atoms with Crippen molar-refractivity contribution in [2.75, 3.05) is 7.11 Å². The minimum atomic E-state index is 0.114. The molecule has 2 unspecified atom stereocenters. The van der Waals surface area contributed by atoms with Gasteiger partial charge in [-0.25, -0.2) is 0 Å². The van der Waals surface area contributed by atoms with Crippen molar-refractivity contribution in [1.29, 1.82) is 0 Å². The molecule has 0 bridgehead atoms. The molecule has 2 N–H and O–H groups in total. The number of rotatable bonds is 5. The second kappa shape index (κ2) is 7.86. The van der Waals surface area contributed by atoms with Gasteiger partial charge in [-0.05, 0) is 32.1 Å². The molecule has 0 saturated heterocycles. The van der Waals surface area contributed by atoms with Crippen molar-refractivity contribution in [3.05, 3.63) is 11.6 Å². The van der Waals surface area contributed by atoms with E-state index in [1.807, 2.05) is 0 Å². The first kappa shape index (κ1) is 13.7. The molecule has 2 nitrogen and oxygen atoms in total. The minimum Gasteiger partial charge on any atom is -0.379 e. The second-order valence-electron chi connectivity index (χ2n) is 4.82. The molecule has 94 valence electrons. The predicted octanol–water partition coefficient (Wildman–Crippen LogP) is 3.41. The molecular formula is C14H27NO. The van der Waals surface area contributed by atoms with Crippen molar-refractivity contribution in [2.45, 2.75) is 70.4 Å². The Morgan fingerprint density at radius 2 is 2.06 bits per heavy atom. The van der Waals surface area contributed by atoms with E-state index in [9.17, 15) is 0 Å². The lowest BCUT2D eigenvalue weighted by Crippen LogP contribution is -2.38. The van der Waals surface area contributed by atoms with E-state index in [2.05, 4.69) is 13.0 Å². The van der Waals surface area contributed by atoms with Gasteiger partial charge >= 0.3 is 0 Å². The van der Waals surface area contributed by atoms with Gasteiger partial charge in [0.15, 0.2) is 0 Å². The van der Waals surface area contributed by atoms with Crippen molar-refractivity contribution in [3.8, 4) is 0 Å². The maximum absolute atomic E-state index is 6.32. The zero-order chi connectivity index (χ0) is 11.8. The third-order valence-electron chi connectivity index (χ3n) is 3.53. The fourth-order valence-electron chi connectivity index (χ4n) is 2.49. The van der Waals surface area contributed by atoms with E-state index in [1.165, 1.54) is 44.1 Å². The summed E-state index contributed by atoms with van der Waals surface area (Å²) in [4.78, 5) is 0. The summed E-state index contributed by atoms with van der Waals surface area (Å²) < 4.78 is 5.51. The third kappa shape index (κ3) is 4.26. The molecule has 1 rings (SSSR count). The maximum Gasteiger partial charge on any atom is 0.0760 e. The highest BCUT2D eigenvalue weighted by molar-refractivity contribution is 5.13. The fraction of sp³-hybridized carbons (Fsp3) is 0.857. The fourth-order valence-corrected chi connectivity index (χ4v) is 2.49. The van der Waals surface area contributed by atoms with Gasteiger partial charge in [-0.1, -0.05) is 37.8 Å². The Morgan fingerprint density at radius 1 is 1.31 bits per heavy atom. The largest absolute Gasteiger partial charge is 0.379 e. The van der Waals surface area contributed by atoms with Crippen LogP contribution in [-0.2, 0) is 4.74 Å². The number of allylic oxidation sites excluding steroid dienone is 1. The Bertz CT molecular complexity index is 213. The highest BCUT2D eigenvalue weighted by Gasteiger charge is 2.20. The molecule has 0 aromatic heterocycles. The molecule has 16 heavy (non-hydrogen) atoms. The van der Waals surface area contributed by atoms with E-state index in [4.69, 9.17) is 10.5 Å². The quantitative estimate of drug-likeness (QED) is 0.728. The molecule has 0 saturated carbocycles. The Kier molecular flexibility index (Phi) is 6.74. The topological polar surface area (TPSA) is 35.2 Å². The molecule has 2 heteroatoms. The molecule has 1 aliphatic carbocycles. The molecule has 1 aliphatic rings. The monoisotopic (exact) mass is 225 g/mol. The highest BCUT2D eigenvalue weighted by atomic mass is 16.5. The van der Waals surface area contributed by atoms with Crippen LogP contribution < -0.4 is 5.73 Å². The van der Waals surface area contributed by atoms with Gasteiger partial charge in [-0.3, -0.25) is 0 Å². The lowest BCUT2D eigenvalue weighted by Gasteiger charge is -2.25. The van der Waals surface area contributed by atoms with E-state index in [-0.39, 0.29) is 12.1 Å². The van der Waals surface area contributed by atoms with Crippen LogP contribution in [-0.4, -0.2) is 19.3 Å². The number of hydrogen-bond donors (Lipinski definition) is 1. The van der Waals surface area contributed by atoms with Crippen molar-refractivity contribution >= 4 is 0 Å². The third-order valence-corrected chi connectivity index (χ3v) is 3.53. The Balaban J connectivity index is 2.57. The first-order valence-electron chi connectivity index (χ1n) is 6.77. The van der Waals surface area contributed by atoms with E-state index in [1.54, 1.807) is 7.11 Å². The van der Waals surface area contributed by atoms with Gasteiger partial charge in [0.25, 0.3) is 0 Å². The second-order valence-corrected chi connectivity index (χ2v) is 4.82. The number of hydrogen-bond acceptors (Lipinski definition) is 2. The van der Waals surface area contributed by atoms with Crippen molar-refractivity contribution in [2.24, 2.45) is 5.73 Å². The maximum atomic E-state index is 6.32. The summed E-state index contributed by atoms with van der Waals surface area (Å²) in [7, 11) is 1.78. The minimum absolute atomic E-state index is 0.114. The predicted molar refractivity (Wildman–Crippen MR) is 69.5 cm³/mol. The molecule has 0 radical (unpaired) electrons. The van der Waals surface area contributed by atoms with Crippen LogP contribution in [0, 0.1) is 0 Å². The SMILES string of the molecule is CCCC(OC)C(N)C1=CCCCCCC1. The molecule has 0 fully saturated rings. The molecule has 0 heterocycles. The summed E-state index contributed by atoms with van der Waals surface area (Å²) in [5.74, 6) is 0. The molecule has 0 spiro atoms. The van der Waals surface area contributed by atoms with Gasteiger partial charge in [0.05, 0.1) is 12.1 Å². The van der Waals surface area contributed by atoms with Crippen LogP contribution in [0.15, 0.2) is 11.6 Å². The lowest BCUT2D eigenvalue weighted by atomic mass is 9.91. The van der Waals surface area contributed by atoms with Gasteiger partial charge in [0, 0.05) is 7.11 Å². The summed E-state index contributed by atoms with van der Waals surface area (Å²) in [5.41, 5.74) is 7.75. The summed E-state index contributed by atoms with van der Waals surface area (Å²) in [6, 6.07) is 0.114. The van der Waals surface area contributed by atoms with Crippen LogP contribution in [0.25, 0.3) is 0 Å². The van der Waals surface area contributed by atoms with Crippen molar-refractivity contribution in [1.82, 2.24) is 0 Å². The van der Waals surface area contributed by atoms with Gasteiger partial charge in [-0.2, -0.15) is 0 Å². The average Bonchev–Trinajstić information content (AvgIpc) is 2.24. The van der Waals surface area contributed by atoms with Crippen molar-refractivity contribution < 1.29 is 4.74 Å². The van der Waals surface area contributed by atoms with Crippen LogP contribution in [0.3, 0.4) is 0 Å². The van der Waals surface area contributed by atoms with Crippen LogP contribution in [0.2, 0.25) is 0 Å². The van der Waals surface area contributed by atoms with Crippen LogP contribution in [0.1, 0.15) is 58.3 Å². The Hall–Kier alpha value is -0.340. The van der Waals surface area contributed by atoms with Crippen LogP contribution >= 0.6 is 0 Å². The van der Waals surface area contributed by atoms with Crippen molar-refractivity contribution in [3.63, 3.8) is 0 Å². The molecule has 0 aromatic rings. The number of ether oxygens (including phenoxy) is 1.